The molecule has 2 aromatic carbocycles. The van der Waals surface area contributed by atoms with E-state index in [1.165, 1.54) is 11.1 Å². The lowest BCUT2D eigenvalue weighted by atomic mass is 10.1. The Hall–Kier alpha value is -2.15. The minimum atomic E-state index is -0.143. The van der Waals surface area contributed by atoms with Gasteiger partial charge in [0.05, 0.1) is 12.1 Å². The van der Waals surface area contributed by atoms with Gasteiger partial charge in [0, 0.05) is 15.8 Å². The number of carbonyl (C=O) groups excluding carboxylic acids is 1. The monoisotopic (exact) mass is 417 g/mol. The zero-order chi connectivity index (χ0) is 16.2. The minimum Gasteiger partial charge on any atom is -0.305 e. The molecule has 1 heterocycles. The maximum Gasteiger partial charge on any atom is 0.257 e. The van der Waals surface area contributed by atoms with Crippen molar-refractivity contribution in [2.45, 2.75) is 13.5 Å². The number of aryl methyl sites for hydroxylation is 1. The van der Waals surface area contributed by atoms with Gasteiger partial charge in [-0.1, -0.05) is 42.0 Å². The summed E-state index contributed by atoms with van der Waals surface area (Å²) in [4.78, 5) is 12.3. The second-order valence-corrected chi connectivity index (χ2v) is 6.48. The highest BCUT2D eigenvalue weighted by Crippen LogP contribution is 2.14. The van der Waals surface area contributed by atoms with Crippen LogP contribution in [0.5, 0.6) is 0 Å². The molecule has 23 heavy (non-hydrogen) atoms. The number of benzene rings is 2. The molecule has 1 N–H and O–H groups in total. The van der Waals surface area contributed by atoms with E-state index in [2.05, 4.69) is 64.2 Å². The van der Waals surface area contributed by atoms with Crippen molar-refractivity contribution in [1.29, 1.82) is 0 Å². The highest BCUT2D eigenvalue weighted by Gasteiger charge is 2.10. The number of hydrogen-bond acceptors (Lipinski definition) is 2. The Morgan fingerprint density at radius 1 is 1.13 bits per heavy atom. The summed E-state index contributed by atoms with van der Waals surface area (Å²) in [6.07, 6.45) is 1.87. The summed E-state index contributed by atoms with van der Waals surface area (Å²) >= 11 is 2.15. The third-order valence-electron chi connectivity index (χ3n) is 3.47. The van der Waals surface area contributed by atoms with Gasteiger partial charge >= 0.3 is 0 Å². The van der Waals surface area contributed by atoms with Crippen LogP contribution < -0.4 is 5.32 Å². The number of carbonyl (C=O) groups is 1. The van der Waals surface area contributed by atoms with Crippen molar-refractivity contribution in [2.75, 3.05) is 5.32 Å². The average Bonchev–Trinajstić information content (AvgIpc) is 2.97. The van der Waals surface area contributed by atoms with E-state index in [-0.39, 0.29) is 5.91 Å². The molecule has 0 saturated carbocycles. The van der Waals surface area contributed by atoms with Crippen LogP contribution in [0.2, 0.25) is 0 Å². The first-order valence-electron chi connectivity index (χ1n) is 7.27. The molecule has 0 spiro atoms. The van der Waals surface area contributed by atoms with Gasteiger partial charge in [-0.3, -0.25) is 9.48 Å². The maximum absolute atomic E-state index is 12.3. The van der Waals surface area contributed by atoms with Gasteiger partial charge < -0.3 is 5.32 Å². The number of anilines is 1. The van der Waals surface area contributed by atoms with Crippen LogP contribution in [-0.4, -0.2) is 15.7 Å². The van der Waals surface area contributed by atoms with Crippen molar-refractivity contribution in [3.8, 4) is 0 Å². The number of hydrogen-bond donors (Lipinski definition) is 1. The number of aromatic nitrogens is 2. The van der Waals surface area contributed by atoms with Crippen LogP contribution in [0.25, 0.3) is 0 Å². The van der Waals surface area contributed by atoms with Crippen LogP contribution in [0.15, 0.2) is 60.8 Å². The van der Waals surface area contributed by atoms with Crippen LogP contribution in [0, 0.1) is 10.5 Å². The number of halogens is 1. The number of rotatable bonds is 4. The van der Waals surface area contributed by atoms with Crippen LogP contribution in [0.4, 0.5) is 5.82 Å². The molecule has 0 aliphatic carbocycles. The molecule has 4 nitrogen and oxygen atoms in total. The Balaban J connectivity index is 1.69. The molecule has 3 aromatic rings. The van der Waals surface area contributed by atoms with E-state index in [9.17, 15) is 4.79 Å². The molecule has 1 amide bonds. The Bertz CT molecular complexity index is 824. The Morgan fingerprint density at radius 2 is 1.87 bits per heavy atom. The van der Waals surface area contributed by atoms with Crippen molar-refractivity contribution in [3.05, 3.63) is 81.1 Å². The van der Waals surface area contributed by atoms with Crippen LogP contribution in [0.1, 0.15) is 21.5 Å². The van der Waals surface area contributed by atoms with Gasteiger partial charge in [0.1, 0.15) is 0 Å². The molecule has 0 saturated heterocycles. The molecule has 0 radical (unpaired) electrons. The Morgan fingerprint density at radius 3 is 2.61 bits per heavy atom. The van der Waals surface area contributed by atoms with Gasteiger partial charge in [-0.15, -0.1) is 0 Å². The van der Waals surface area contributed by atoms with Gasteiger partial charge in [0.25, 0.3) is 5.91 Å². The fraction of sp³-hybridized carbons (Fsp3) is 0.111. The second-order valence-electron chi connectivity index (χ2n) is 5.32. The van der Waals surface area contributed by atoms with E-state index in [1.54, 1.807) is 6.07 Å². The molecule has 0 aliphatic heterocycles. The average molecular weight is 417 g/mol. The zero-order valence-corrected chi connectivity index (χ0v) is 14.8. The Kier molecular flexibility index (Phi) is 4.76. The lowest BCUT2D eigenvalue weighted by Crippen LogP contribution is -2.14. The Labute approximate surface area is 148 Å². The number of nitrogens with one attached hydrogen (secondary N) is 1. The van der Waals surface area contributed by atoms with Crippen molar-refractivity contribution in [2.24, 2.45) is 0 Å². The van der Waals surface area contributed by atoms with Gasteiger partial charge in [0.2, 0.25) is 0 Å². The summed E-state index contributed by atoms with van der Waals surface area (Å²) in [6.45, 7) is 2.75. The van der Waals surface area contributed by atoms with Crippen molar-refractivity contribution >= 4 is 34.3 Å². The molecule has 0 atom stereocenters. The molecule has 116 valence electrons. The highest BCUT2D eigenvalue weighted by atomic mass is 127. The normalized spacial score (nSPS) is 10.5. The molecule has 0 bridgehead atoms. The molecular weight excluding hydrogens is 401 g/mol. The van der Waals surface area contributed by atoms with Gasteiger partial charge in [-0.2, -0.15) is 5.10 Å². The predicted octanol–water partition coefficient (Wildman–Crippen LogP) is 4.10. The molecule has 0 fully saturated rings. The zero-order valence-electron chi connectivity index (χ0n) is 12.7. The van der Waals surface area contributed by atoms with E-state index >= 15 is 0 Å². The molecule has 5 heteroatoms. The summed E-state index contributed by atoms with van der Waals surface area (Å²) in [7, 11) is 0. The summed E-state index contributed by atoms with van der Waals surface area (Å²) in [6, 6.07) is 17.6. The quantitative estimate of drug-likeness (QED) is 0.650. The fourth-order valence-electron chi connectivity index (χ4n) is 2.23. The standard InChI is InChI=1S/C18H16IN3O/c1-13-6-8-14(9-7-13)12-22-11-10-17(21-22)20-18(23)15-4-2-3-5-16(15)19/h2-11H,12H2,1H3,(H,20,21,23). The number of nitrogens with zero attached hydrogens (tertiary/aromatic N) is 2. The van der Waals surface area contributed by atoms with E-state index in [0.717, 1.165) is 3.57 Å². The lowest BCUT2D eigenvalue weighted by Gasteiger charge is -2.05. The van der Waals surface area contributed by atoms with E-state index in [4.69, 9.17) is 0 Å². The first-order chi connectivity index (χ1) is 11.1. The van der Waals surface area contributed by atoms with E-state index in [1.807, 2.05) is 35.1 Å². The summed E-state index contributed by atoms with van der Waals surface area (Å²) in [5, 5.41) is 7.24. The van der Waals surface area contributed by atoms with Crippen molar-refractivity contribution in [1.82, 2.24) is 9.78 Å². The maximum atomic E-state index is 12.3. The lowest BCUT2D eigenvalue weighted by molar-refractivity contribution is 0.102. The van der Waals surface area contributed by atoms with Crippen LogP contribution >= 0.6 is 22.6 Å². The summed E-state index contributed by atoms with van der Waals surface area (Å²) in [5.41, 5.74) is 3.06. The summed E-state index contributed by atoms with van der Waals surface area (Å²) < 4.78 is 2.73. The largest absolute Gasteiger partial charge is 0.305 e. The topological polar surface area (TPSA) is 46.9 Å². The van der Waals surface area contributed by atoms with E-state index < -0.39 is 0 Å². The minimum absolute atomic E-state index is 0.143. The fourth-order valence-corrected chi connectivity index (χ4v) is 2.86. The molecule has 3 rings (SSSR count). The highest BCUT2D eigenvalue weighted by molar-refractivity contribution is 14.1. The van der Waals surface area contributed by atoms with Crippen LogP contribution in [-0.2, 0) is 6.54 Å². The third kappa shape index (κ3) is 3.98. The third-order valence-corrected chi connectivity index (χ3v) is 4.41. The smallest absolute Gasteiger partial charge is 0.257 e. The first kappa shape index (κ1) is 15.7. The van der Waals surface area contributed by atoms with Gasteiger partial charge in [-0.25, -0.2) is 0 Å². The summed E-state index contributed by atoms with van der Waals surface area (Å²) in [5.74, 6) is 0.414. The molecule has 1 aromatic heterocycles. The first-order valence-corrected chi connectivity index (χ1v) is 8.34. The predicted molar refractivity (Wildman–Crippen MR) is 99.6 cm³/mol. The van der Waals surface area contributed by atoms with Crippen LogP contribution in [0.3, 0.4) is 0 Å². The van der Waals surface area contributed by atoms with Gasteiger partial charge in [-0.05, 0) is 47.2 Å². The molecule has 0 unspecified atom stereocenters. The second kappa shape index (κ2) is 6.95. The number of amides is 1. The van der Waals surface area contributed by atoms with Crippen molar-refractivity contribution in [3.63, 3.8) is 0 Å². The SMILES string of the molecule is Cc1ccc(Cn2ccc(NC(=O)c3ccccc3I)n2)cc1. The van der Waals surface area contributed by atoms with Gasteiger partial charge in [0.15, 0.2) is 5.82 Å². The molecule has 0 aliphatic rings. The van der Waals surface area contributed by atoms with Crippen molar-refractivity contribution < 1.29 is 4.79 Å². The van der Waals surface area contributed by atoms with E-state index in [0.29, 0.717) is 17.9 Å². The molecular formula is C18H16IN3O.